The number of halogens is 3. The molecule has 0 saturated heterocycles. The van der Waals surface area contributed by atoms with Crippen LogP contribution in [0.3, 0.4) is 0 Å². The van der Waals surface area contributed by atoms with Gasteiger partial charge in [-0.15, -0.1) is 0 Å². The molecule has 0 fully saturated rings. The van der Waals surface area contributed by atoms with Crippen LogP contribution >= 0.6 is 11.6 Å². The van der Waals surface area contributed by atoms with Crippen molar-refractivity contribution in [1.29, 1.82) is 5.26 Å². The second kappa shape index (κ2) is 10.7. The van der Waals surface area contributed by atoms with Gasteiger partial charge in [0.1, 0.15) is 17.7 Å². The fourth-order valence-corrected chi connectivity index (χ4v) is 1.82. The van der Waals surface area contributed by atoms with Crippen LogP contribution in [-0.4, -0.2) is 0 Å². The standard InChI is InChI=1S/C10H10FN.C7H6ClF.C2H6/c1-7(2)8-3-4-10(11)9(5-8)6-12;1-5-2-3-7(9)6(8)4-5;1-2/h3-5,7H,1-2H3;2-4H,1H3;1-2H3. The fourth-order valence-electron chi connectivity index (χ4n) is 1.59. The molecule has 0 aliphatic rings. The number of benzene rings is 2. The van der Waals surface area contributed by atoms with E-state index in [9.17, 15) is 8.78 Å². The van der Waals surface area contributed by atoms with E-state index in [1.807, 2.05) is 40.7 Å². The molecule has 0 radical (unpaired) electrons. The third kappa shape index (κ3) is 7.25. The molecule has 2 aromatic rings. The Morgan fingerprint density at radius 3 is 2.00 bits per heavy atom. The molecule has 0 amide bonds. The highest BCUT2D eigenvalue weighted by Crippen LogP contribution is 2.17. The van der Waals surface area contributed by atoms with E-state index in [0.29, 0.717) is 5.92 Å². The summed E-state index contributed by atoms with van der Waals surface area (Å²) in [5.41, 5.74) is 2.09. The predicted octanol–water partition coefficient (Wildman–Crippen LogP) is 6.63. The average Bonchev–Trinajstić information content (AvgIpc) is 2.54. The van der Waals surface area contributed by atoms with E-state index in [4.69, 9.17) is 16.9 Å². The maximum Gasteiger partial charge on any atom is 0.141 e. The molecule has 2 aromatic carbocycles. The first-order chi connectivity index (χ1) is 10.8. The molecule has 124 valence electrons. The average molecular weight is 338 g/mol. The molecule has 0 N–H and O–H groups in total. The van der Waals surface area contributed by atoms with E-state index in [1.165, 1.54) is 12.1 Å². The van der Waals surface area contributed by atoms with Crippen LogP contribution < -0.4 is 0 Å². The highest BCUT2D eigenvalue weighted by Gasteiger charge is 2.04. The van der Waals surface area contributed by atoms with Crippen LogP contribution in [0.5, 0.6) is 0 Å². The van der Waals surface area contributed by atoms with Gasteiger partial charge in [-0.25, -0.2) is 8.78 Å². The Bertz CT molecular complexity index is 661. The molecule has 0 bridgehead atoms. The van der Waals surface area contributed by atoms with E-state index < -0.39 is 5.82 Å². The normalized spacial score (nSPS) is 9.22. The van der Waals surface area contributed by atoms with Crippen LogP contribution in [0.15, 0.2) is 36.4 Å². The molecule has 0 saturated carbocycles. The van der Waals surface area contributed by atoms with Crippen LogP contribution in [0, 0.1) is 29.9 Å². The van der Waals surface area contributed by atoms with Crippen molar-refractivity contribution in [2.45, 2.75) is 40.5 Å². The Kier molecular flexibility index (Phi) is 9.85. The summed E-state index contributed by atoms with van der Waals surface area (Å²) in [6.45, 7) is 9.88. The number of rotatable bonds is 1. The minimum atomic E-state index is -0.443. The van der Waals surface area contributed by atoms with Gasteiger partial charge in [-0.3, -0.25) is 0 Å². The molecule has 0 spiro atoms. The van der Waals surface area contributed by atoms with Crippen molar-refractivity contribution in [2.24, 2.45) is 0 Å². The topological polar surface area (TPSA) is 23.8 Å². The maximum absolute atomic E-state index is 12.8. The van der Waals surface area contributed by atoms with Gasteiger partial charge in [0.15, 0.2) is 0 Å². The minimum absolute atomic E-state index is 0.126. The second-order valence-electron chi connectivity index (χ2n) is 4.92. The van der Waals surface area contributed by atoms with Gasteiger partial charge in [-0.2, -0.15) is 5.26 Å². The zero-order chi connectivity index (χ0) is 18.0. The Morgan fingerprint density at radius 1 is 1.00 bits per heavy atom. The Labute approximate surface area is 142 Å². The van der Waals surface area contributed by atoms with E-state index >= 15 is 0 Å². The number of hydrogen-bond donors (Lipinski definition) is 0. The highest BCUT2D eigenvalue weighted by molar-refractivity contribution is 6.30. The molecule has 0 aliphatic heterocycles. The fraction of sp³-hybridized carbons (Fsp3) is 0.316. The Morgan fingerprint density at radius 2 is 1.57 bits per heavy atom. The quantitative estimate of drug-likeness (QED) is 0.572. The monoisotopic (exact) mass is 337 g/mol. The van der Waals surface area contributed by atoms with Crippen LogP contribution in [0.1, 0.15) is 50.3 Å². The molecular formula is C19H22ClF2N. The second-order valence-corrected chi connectivity index (χ2v) is 5.33. The molecule has 2 rings (SSSR count). The molecule has 0 aliphatic carbocycles. The van der Waals surface area contributed by atoms with Gasteiger partial charge in [0.05, 0.1) is 10.6 Å². The summed E-state index contributed by atoms with van der Waals surface area (Å²) in [4.78, 5) is 0. The third-order valence-electron chi connectivity index (χ3n) is 2.85. The molecule has 4 heteroatoms. The van der Waals surface area contributed by atoms with Gasteiger partial charge < -0.3 is 0 Å². The summed E-state index contributed by atoms with van der Waals surface area (Å²) >= 11 is 5.44. The largest absolute Gasteiger partial charge is 0.206 e. The smallest absolute Gasteiger partial charge is 0.141 e. The number of nitrogens with zero attached hydrogens (tertiary/aromatic N) is 1. The van der Waals surface area contributed by atoms with Gasteiger partial charge in [-0.1, -0.05) is 51.4 Å². The molecule has 23 heavy (non-hydrogen) atoms. The summed E-state index contributed by atoms with van der Waals surface area (Å²) in [5.74, 6) is -0.470. The van der Waals surface area contributed by atoms with Gasteiger partial charge in [0.2, 0.25) is 0 Å². The van der Waals surface area contributed by atoms with E-state index in [-0.39, 0.29) is 16.4 Å². The lowest BCUT2D eigenvalue weighted by atomic mass is 10.0. The molecule has 1 nitrogen and oxygen atoms in total. The molecular weight excluding hydrogens is 316 g/mol. The van der Waals surface area contributed by atoms with Gasteiger partial charge in [-0.05, 0) is 48.2 Å². The summed E-state index contributed by atoms with van der Waals surface area (Å²) in [5, 5.41) is 8.72. The minimum Gasteiger partial charge on any atom is -0.206 e. The summed E-state index contributed by atoms with van der Waals surface area (Å²) in [6, 6.07) is 11.1. The van der Waals surface area contributed by atoms with Gasteiger partial charge >= 0.3 is 0 Å². The zero-order valence-electron chi connectivity index (χ0n) is 14.1. The van der Waals surface area contributed by atoms with Crippen molar-refractivity contribution in [3.8, 4) is 6.07 Å². The van der Waals surface area contributed by atoms with E-state index in [0.717, 1.165) is 11.1 Å². The molecule has 0 heterocycles. The summed E-state index contributed by atoms with van der Waals surface area (Å²) in [7, 11) is 0. The van der Waals surface area contributed by atoms with Crippen molar-refractivity contribution in [1.82, 2.24) is 0 Å². The van der Waals surface area contributed by atoms with Crippen LogP contribution in [-0.2, 0) is 0 Å². The van der Waals surface area contributed by atoms with Crippen molar-refractivity contribution in [2.75, 3.05) is 0 Å². The van der Waals surface area contributed by atoms with Crippen LogP contribution in [0.2, 0.25) is 5.02 Å². The van der Waals surface area contributed by atoms with Crippen molar-refractivity contribution in [3.05, 3.63) is 69.7 Å². The Balaban J connectivity index is 0.000000392. The highest BCUT2D eigenvalue weighted by atomic mass is 35.5. The first kappa shape index (κ1) is 21.1. The number of aryl methyl sites for hydroxylation is 1. The first-order valence-corrected chi connectivity index (χ1v) is 7.84. The number of hydrogen-bond acceptors (Lipinski definition) is 1. The van der Waals surface area contributed by atoms with Crippen molar-refractivity contribution < 1.29 is 8.78 Å². The van der Waals surface area contributed by atoms with Gasteiger partial charge in [0.25, 0.3) is 0 Å². The van der Waals surface area contributed by atoms with Crippen molar-refractivity contribution >= 4 is 11.6 Å². The SMILES string of the molecule is CC.CC(C)c1ccc(F)c(C#N)c1.Cc1ccc(F)c(Cl)c1. The third-order valence-corrected chi connectivity index (χ3v) is 3.14. The van der Waals surface area contributed by atoms with E-state index in [2.05, 4.69) is 0 Å². The molecule has 0 unspecified atom stereocenters. The van der Waals surface area contributed by atoms with Crippen LogP contribution in [0.4, 0.5) is 8.78 Å². The number of nitriles is 1. The predicted molar refractivity (Wildman–Crippen MR) is 92.7 cm³/mol. The Hall–Kier alpha value is -1.92. The lowest BCUT2D eigenvalue weighted by Crippen LogP contribution is -1.90. The van der Waals surface area contributed by atoms with Gasteiger partial charge in [0, 0.05) is 0 Å². The molecule has 0 atom stereocenters. The lowest BCUT2D eigenvalue weighted by molar-refractivity contribution is 0.622. The molecule has 0 aromatic heterocycles. The van der Waals surface area contributed by atoms with Crippen molar-refractivity contribution in [3.63, 3.8) is 0 Å². The zero-order valence-corrected chi connectivity index (χ0v) is 14.9. The maximum atomic E-state index is 12.8. The summed E-state index contributed by atoms with van der Waals surface area (Å²) in [6.07, 6.45) is 0. The first-order valence-electron chi connectivity index (χ1n) is 7.46. The summed E-state index contributed by atoms with van der Waals surface area (Å²) < 4.78 is 25.2. The van der Waals surface area contributed by atoms with Crippen LogP contribution in [0.25, 0.3) is 0 Å². The van der Waals surface area contributed by atoms with E-state index in [1.54, 1.807) is 24.3 Å². The lowest BCUT2D eigenvalue weighted by Gasteiger charge is -2.04.